The molecule has 1 aliphatic heterocycles. The molecule has 0 unspecified atom stereocenters. The highest BCUT2D eigenvalue weighted by Gasteiger charge is 2.23. The minimum absolute atomic E-state index is 0.407. The van der Waals surface area contributed by atoms with Crippen LogP contribution in [0.15, 0.2) is 24.3 Å². The van der Waals surface area contributed by atoms with Gasteiger partial charge >= 0.3 is 5.97 Å². The van der Waals surface area contributed by atoms with E-state index in [0.717, 1.165) is 30.3 Å². The van der Waals surface area contributed by atoms with Gasteiger partial charge in [-0.1, -0.05) is 18.2 Å². The number of methoxy groups -OCH3 is 1. The summed E-state index contributed by atoms with van der Waals surface area (Å²) in [4.78, 5) is 19.3. The molecule has 152 valence electrons. The van der Waals surface area contributed by atoms with Gasteiger partial charge in [0, 0.05) is 25.6 Å². The van der Waals surface area contributed by atoms with Crippen molar-refractivity contribution in [1.29, 1.82) is 0 Å². The first-order valence-corrected chi connectivity index (χ1v) is 9.85. The first-order valence-electron chi connectivity index (χ1n) is 9.85. The van der Waals surface area contributed by atoms with E-state index in [9.17, 15) is 4.79 Å². The molecule has 2 aromatic heterocycles. The third kappa shape index (κ3) is 3.58. The van der Waals surface area contributed by atoms with Gasteiger partial charge in [-0.25, -0.2) is 14.3 Å². The summed E-state index contributed by atoms with van der Waals surface area (Å²) in [7, 11) is 1.39. The van der Waals surface area contributed by atoms with Crippen molar-refractivity contribution in [2.75, 3.05) is 38.3 Å². The smallest absolute Gasteiger partial charge is 0.341 e. The van der Waals surface area contributed by atoms with E-state index in [1.807, 2.05) is 11.4 Å². The molecule has 0 aliphatic carbocycles. The van der Waals surface area contributed by atoms with Crippen molar-refractivity contribution < 1.29 is 14.3 Å². The number of carbonyl (C=O) groups excluding carboxylic acids is 1. The predicted octanol–water partition coefficient (Wildman–Crippen LogP) is 2.87. The number of hydrogen-bond acceptors (Lipinski definition) is 6. The third-order valence-electron chi connectivity index (χ3n) is 5.68. The maximum Gasteiger partial charge on any atom is 0.341 e. The van der Waals surface area contributed by atoms with Gasteiger partial charge in [0.25, 0.3) is 0 Å². The molecule has 3 aromatic rings. The lowest BCUT2D eigenvalue weighted by Crippen LogP contribution is -2.37. The molecule has 1 fully saturated rings. The molecule has 0 spiro atoms. The third-order valence-corrected chi connectivity index (χ3v) is 5.68. The lowest BCUT2D eigenvalue weighted by atomic mass is 9.99. The van der Waals surface area contributed by atoms with Crippen LogP contribution in [0.1, 0.15) is 38.4 Å². The summed E-state index contributed by atoms with van der Waals surface area (Å²) in [6.07, 6.45) is 0.695. The highest BCUT2D eigenvalue weighted by Crippen LogP contribution is 2.25. The number of rotatable bonds is 4. The van der Waals surface area contributed by atoms with Crippen LogP contribution in [-0.4, -0.2) is 54.0 Å². The fraction of sp³-hybridized carbons (Fsp3) is 0.409. The standard InChI is InChI=1S/C22H26N4O3/c1-14-6-5-7-17(15(14)2)12-19-16(3)23-21-18(22(27)28-4)13-20(24-26(19)21)25-8-10-29-11-9-25/h5-7,13H,8-12H2,1-4H3. The van der Waals surface area contributed by atoms with E-state index in [2.05, 4.69) is 41.9 Å². The van der Waals surface area contributed by atoms with Crippen molar-refractivity contribution >= 4 is 17.4 Å². The summed E-state index contributed by atoms with van der Waals surface area (Å²) >= 11 is 0. The molecule has 29 heavy (non-hydrogen) atoms. The van der Waals surface area contributed by atoms with E-state index in [-0.39, 0.29) is 0 Å². The number of morpholine rings is 1. The number of aryl methyl sites for hydroxylation is 2. The van der Waals surface area contributed by atoms with Crippen LogP contribution in [0.5, 0.6) is 0 Å². The van der Waals surface area contributed by atoms with Gasteiger partial charge in [-0.15, -0.1) is 5.10 Å². The lowest BCUT2D eigenvalue weighted by Gasteiger charge is -2.28. The fourth-order valence-electron chi connectivity index (χ4n) is 3.75. The molecular weight excluding hydrogens is 368 g/mol. The molecule has 0 atom stereocenters. The maximum atomic E-state index is 12.5. The van der Waals surface area contributed by atoms with Crippen molar-refractivity contribution in [1.82, 2.24) is 14.6 Å². The summed E-state index contributed by atoms with van der Waals surface area (Å²) in [6.45, 7) is 8.97. The van der Waals surface area contributed by atoms with Crippen molar-refractivity contribution in [2.24, 2.45) is 0 Å². The molecule has 4 rings (SSSR count). The number of ether oxygens (including phenoxy) is 2. The van der Waals surface area contributed by atoms with Gasteiger partial charge < -0.3 is 14.4 Å². The van der Waals surface area contributed by atoms with Gasteiger partial charge in [0.05, 0.1) is 31.7 Å². The average Bonchev–Trinajstić information content (AvgIpc) is 3.06. The van der Waals surface area contributed by atoms with Crippen molar-refractivity contribution in [3.63, 3.8) is 0 Å². The first kappa shape index (κ1) is 19.4. The first-order chi connectivity index (χ1) is 14.0. The van der Waals surface area contributed by atoms with Gasteiger partial charge in [0.2, 0.25) is 0 Å². The summed E-state index contributed by atoms with van der Waals surface area (Å²) in [5, 5.41) is 4.86. The van der Waals surface area contributed by atoms with Crippen LogP contribution >= 0.6 is 0 Å². The second kappa shape index (κ2) is 7.83. The van der Waals surface area contributed by atoms with E-state index in [0.29, 0.717) is 30.8 Å². The molecule has 0 amide bonds. The van der Waals surface area contributed by atoms with Gasteiger partial charge in [-0.05, 0) is 37.5 Å². The Morgan fingerprint density at radius 2 is 1.97 bits per heavy atom. The molecule has 7 nitrogen and oxygen atoms in total. The van der Waals surface area contributed by atoms with Crippen molar-refractivity contribution in [2.45, 2.75) is 27.2 Å². The van der Waals surface area contributed by atoms with Crippen LogP contribution in [0.25, 0.3) is 5.65 Å². The van der Waals surface area contributed by atoms with E-state index in [1.165, 1.54) is 23.8 Å². The molecule has 7 heteroatoms. The zero-order valence-corrected chi connectivity index (χ0v) is 17.4. The molecule has 0 saturated carbocycles. The van der Waals surface area contributed by atoms with Gasteiger partial charge in [-0.2, -0.15) is 0 Å². The molecule has 0 radical (unpaired) electrons. The predicted molar refractivity (Wildman–Crippen MR) is 111 cm³/mol. The quantitative estimate of drug-likeness (QED) is 0.634. The van der Waals surface area contributed by atoms with E-state index >= 15 is 0 Å². The summed E-state index contributed by atoms with van der Waals surface area (Å²) < 4.78 is 12.3. The minimum Gasteiger partial charge on any atom is -0.465 e. The number of aromatic nitrogens is 3. The highest BCUT2D eigenvalue weighted by atomic mass is 16.5. The summed E-state index contributed by atoms with van der Waals surface area (Å²) in [6, 6.07) is 8.10. The number of anilines is 1. The van der Waals surface area contributed by atoms with E-state index in [4.69, 9.17) is 14.6 Å². The molecule has 3 heterocycles. The number of imidazole rings is 1. The number of esters is 1. The van der Waals surface area contributed by atoms with Crippen LogP contribution in [0.3, 0.4) is 0 Å². The SMILES string of the molecule is COC(=O)c1cc(N2CCOCC2)nn2c(Cc3cccc(C)c3C)c(C)nc12. The van der Waals surface area contributed by atoms with Crippen molar-refractivity contribution in [3.8, 4) is 0 Å². The summed E-state index contributed by atoms with van der Waals surface area (Å²) in [5.74, 6) is 0.330. The highest BCUT2D eigenvalue weighted by molar-refractivity contribution is 5.96. The number of carbonyl (C=O) groups is 1. The molecule has 0 bridgehead atoms. The normalized spacial score (nSPS) is 14.4. The van der Waals surface area contributed by atoms with Crippen LogP contribution in [0.4, 0.5) is 5.82 Å². The summed E-state index contributed by atoms with van der Waals surface area (Å²) in [5.41, 5.74) is 6.56. The van der Waals surface area contributed by atoms with Gasteiger partial charge in [0.15, 0.2) is 11.5 Å². The monoisotopic (exact) mass is 394 g/mol. The maximum absolute atomic E-state index is 12.5. The Kier molecular flexibility index (Phi) is 5.24. The molecule has 1 saturated heterocycles. The Balaban J connectivity index is 1.87. The number of benzene rings is 1. The number of fused-ring (bicyclic) bond motifs is 1. The van der Waals surface area contributed by atoms with Crippen molar-refractivity contribution in [3.05, 3.63) is 57.9 Å². The zero-order chi connectivity index (χ0) is 20.5. The molecule has 1 aromatic carbocycles. The lowest BCUT2D eigenvalue weighted by molar-refractivity contribution is 0.0602. The van der Waals surface area contributed by atoms with Crippen LogP contribution in [0.2, 0.25) is 0 Å². The van der Waals surface area contributed by atoms with Crippen LogP contribution < -0.4 is 4.90 Å². The van der Waals surface area contributed by atoms with Crippen LogP contribution in [0, 0.1) is 20.8 Å². The topological polar surface area (TPSA) is 69.0 Å². The van der Waals surface area contributed by atoms with E-state index in [1.54, 1.807) is 6.07 Å². The zero-order valence-electron chi connectivity index (χ0n) is 17.4. The Morgan fingerprint density at radius 1 is 1.21 bits per heavy atom. The number of nitrogens with zero attached hydrogens (tertiary/aromatic N) is 4. The second-order valence-electron chi connectivity index (χ2n) is 7.42. The fourth-order valence-corrected chi connectivity index (χ4v) is 3.75. The average molecular weight is 394 g/mol. The Hall–Kier alpha value is -2.93. The molecule has 0 N–H and O–H groups in total. The Bertz CT molecular complexity index is 1070. The minimum atomic E-state index is -0.407. The van der Waals surface area contributed by atoms with Gasteiger partial charge in [-0.3, -0.25) is 0 Å². The van der Waals surface area contributed by atoms with E-state index < -0.39 is 5.97 Å². The number of hydrogen-bond donors (Lipinski definition) is 0. The largest absolute Gasteiger partial charge is 0.465 e. The van der Waals surface area contributed by atoms with Gasteiger partial charge in [0.1, 0.15) is 5.56 Å². The molecular formula is C22H26N4O3. The Labute approximate surface area is 170 Å². The Morgan fingerprint density at radius 3 is 2.69 bits per heavy atom. The van der Waals surface area contributed by atoms with Crippen LogP contribution in [-0.2, 0) is 15.9 Å². The molecule has 1 aliphatic rings. The second-order valence-corrected chi connectivity index (χ2v) is 7.42.